The van der Waals surface area contributed by atoms with Crippen molar-refractivity contribution in [1.82, 2.24) is 9.97 Å². The summed E-state index contributed by atoms with van der Waals surface area (Å²) in [6, 6.07) is 5.08. The van der Waals surface area contributed by atoms with E-state index in [0.29, 0.717) is 5.95 Å². The van der Waals surface area contributed by atoms with Gasteiger partial charge < -0.3 is 10.7 Å². The Labute approximate surface area is 102 Å². The molecule has 0 aliphatic heterocycles. The molecule has 1 atom stereocenters. The third-order valence-electron chi connectivity index (χ3n) is 2.82. The summed E-state index contributed by atoms with van der Waals surface area (Å²) in [5.41, 5.74) is 6.35. The zero-order valence-corrected chi connectivity index (χ0v) is 9.62. The number of nitrogen functional groups attached to an aromatic ring is 1. The van der Waals surface area contributed by atoms with Gasteiger partial charge in [-0.2, -0.15) is 13.2 Å². The largest absolute Gasteiger partial charge is 0.416 e. The molecule has 2 rings (SSSR count). The summed E-state index contributed by atoms with van der Waals surface area (Å²) in [7, 11) is 0. The van der Waals surface area contributed by atoms with Crippen LogP contribution in [0.3, 0.4) is 0 Å². The lowest BCUT2D eigenvalue weighted by Gasteiger charge is -2.12. The number of imidazole rings is 1. The van der Waals surface area contributed by atoms with E-state index in [4.69, 9.17) is 5.73 Å². The number of anilines is 1. The van der Waals surface area contributed by atoms with Gasteiger partial charge in [-0.05, 0) is 17.7 Å². The number of aromatic nitrogens is 2. The van der Waals surface area contributed by atoms with E-state index in [2.05, 4.69) is 9.97 Å². The van der Waals surface area contributed by atoms with Crippen LogP contribution in [-0.4, -0.2) is 9.97 Å². The van der Waals surface area contributed by atoms with Gasteiger partial charge in [0.25, 0.3) is 0 Å². The van der Waals surface area contributed by atoms with Crippen LogP contribution in [0, 0.1) is 0 Å². The van der Waals surface area contributed by atoms with Crippen molar-refractivity contribution in [3.63, 3.8) is 0 Å². The lowest BCUT2D eigenvalue weighted by atomic mass is 9.97. The molecule has 0 spiro atoms. The topological polar surface area (TPSA) is 54.7 Å². The van der Waals surface area contributed by atoms with Crippen molar-refractivity contribution in [2.24, 2.45) is 0 Å². The number of halogens is 3. The summed E-state index contributed by atoms with van der Waals surface area (Å²) in [4.78, 5) is 6.73. The minimum atomic E-state index is -4.31. The van der Waals surface area contributed by atoms with Crippen molar-refractivity contribution < 1.29 is 13.2 Å². The van der Waals surface area contributed by atoms with Gasteiger partial charge in [0.05, 0.1) is 11.8 Å². The fraction of sp³-hybridized carbons (Fsp3) is 0.250. The molecule has 0 amide bonds. The van der Waals surface area contributed by atoms with Crippen LogP contribution in [0.5, 0.6) is 0 Å². The number of rotatable bonds is 2. The Kier molecular flexibility index (Phi) is 3.02. The minimum Gasteiger partial charge on any atom is -0.369 e. The molecule has 3 N–H and O–H groups in total. The third-order valence-corrected chi connectivity index (χ3v) is 2.82. The molecule has 3 nitrogen and oxygen atoms in total. The quantitative estimate of drug-likeness (QED) is 0.866. The second-order valence-corrected chi connectivity index (χ2v) is 4.07. The lowest BCUT2D eigenvalue weighted by molar-refractivity contribution is -0.137. The van der Waals surface area contributed by atoms with E-state index in [9.17, 15) is 13.2 Å². The van der Waals surface area contributed by atoms with E-state index in [0.717, 1.165) is 23.4 Å². The van der Waals surface area contributed by atoms with E-state index in [1.807, 2.05) is 6.92 Å². The highest BCUT2D eigenvalue weighted by Gasteiger charge is 2.30. The van der Waals surface area contributed by atoms with Gasteiger partial charge in [0.1, 0.15) is 0 Å². The zero-order valence-electron chi connectivity index (χ0n) is 9.62. The molecule has 1 aromatic heterocycles. The highest BCUT2D eigenvalue weighted by atomic mass is 19.4. The first-order valence-corrected chi connectivity index (χ1v) is 5.35. The number of alkyl halides is 3. The number of hydrogen-bond acceptors (Lipinski definition) is 2. The highest BCUT2D eigenvalue weighted by Crippen LogP contribution is 2.31. The van der Waals surface area contributed by atoms with Crippen LogP contribution in [0.25, 0.3) is 0 Å². The van der Waals surface area contributed by atoms with Crippen molar-refractivity contribution in [3.8, 4) is 0 Å². The molecule has 2 aromatic rings. The molecular formula is C12H12F3N3. The average Bonchev–Trinajstić information content (AvgIpc) is 2.74. The van der Waals surface area contributed by atoms with Crippen molar-refractivity contribution in [1.29, 1.82) is 0 Å². The van der Waals surface area contributed by atoms with Crippen LogP contribution >= 0.6 is 0 Å². The third kappa shape index (κ3) is 2.47. The Morgan fingerprint density at radius 1 is 1.22 bits per heavy atom. The maximum Gasteiger partial charge on any atom is 0.416 e. The number of H-pyrrole nitrogens is 1. The molecule has 0 radical (unpaired) electrons. The van der Waals surface area contributed by atoms with Gasteiger partial charge in [-0.3, -0.25) is 0 Å². The standard InChI is InChI=1S/C12H12F3N3/c1-7(10-6-17-11(16)18-10)8-2-4-9(5-3-8)12(13,14)15/h2-7H,1H3,(H3,16,17,18). The number of benzene rings is 1. The molecule has 0 aliphatic carbocycles. The minimum absolute atomic E-state index is 0.0860. The molecule has 0 saturated heterocycles. The molecule has 6 heteroatoms. The van der Waals surface area contributed by atoms with Gasteiger partial charge in [0.15, 0.2) is 5.95 Å². The number of aromatic amines is 1. The fourth-order valence-corrected chi connectivity index (χ4v) is 1.71. The Morgan fingerprint density at radius 2 is 1.83 bits per heavy atom. The van der Waals surface area contributed by atoms with Crippen LogP contribution < -0.4 is 5.73 Å². The van der Waals surface area contributed by atoms with Crippen molar-refractivity contribution in [2.45, 2.75) is 19.0 Å². The van der Waals surface area contributed by atoms with Crippen LogP contribution in [-0.2, 0) is 6.18 Å². The van der Waals surface area contributed by atoms with Gasteiger partial charge in [0.2, 0.25) is 0 Å². The molecule has 1 unspecified atom stereocenters. The van der Waals surface area contributed by atoms with Crippen molar-refractivity contribution in [3.05, 3.63) is 47.3 Å². The smallest absolute Gasteiger partial charge is 0.369 e. The Hall–Kier alpha value is -1.98. The van der Waals surface area contributed by atoms with Gasteiger partial charge in [-0.1, -0.05) is 19.1 Å². The average molecular weight is 255 g/mol. The lowest BCUT2D eigenvalue weighted by Crippen LogP contribution is -2.05. The van der Waals surface area contributed by atoms with Crippen LogP contribution in [0.1, 0.15) is 29.7 Å². The summed E-state index contributed by atoms with van der Waals surface area (Å²) in [6.45, 7) is 1.87. The SMILES string of the molecule is CC(c1ccc(C(F)(F)F)cc1)c1cnc(N)[nH]1. The Balaban J connectivity index is 2.24. The summed E-state index contributed by atoms with van der Waals surface area (Å²) in [5, 5.41) is 0. The first-order valence-electron chi connectivity index (χ1n) is 5.35. The van der Waals surface area contributed by atoms with E-state index in [-0.39, 0.29) is 5.92 Å². The number of nitrogens with two attached hydrogens (primary N) is 1. The van der Waals surface area contributed by atoms with Gasteiger partial charge >= 0.3 is 6.18 Å². The molecule has 0 bridgehead atoms. The van der Waals surface area contributed by atoms with Crippen LogP contribution in [0.2, 0.25) is 0 Å². The van der Waals surface area contributed by atoms with E-state index in [1.54, 1.807) is 6.20 Å². The second-order valence-electron chi connectivity index (χ2n) is 4.07. The zero-order chi connectivity index (χ0) is 13.3. The first kappa shape index (κ1) is 12.5. The second kappa shape index (κ2) is 4.36. The summed E-state index contributed by atoms with van der Waals surface area (Å²) >= 11 is 0. The maximum atomic E-state index is 12.4. The van der Waals surface area contributed by atoms with E-state index < -0.39 is 11.7 Å². The summed E-state index contributed by atoms with van der Waals surface area (Å²) < 4.78 is 37.2. The Morgan fingerprint density at radius 3 is 2.28 bits per heavy atom. The van der Waals surface area contributed by atoms with Crippen molar-refractivity contribution in [2.75, 3.05) is 5.73 Å². The summed E-state index contributed by atoms with van der Waals surface area (Å²) in [6.07, 6.45) is -2.72. The van der Waals surface area contributed by atoms with Crippen LogP contribution in [0.4, 0.5) is 19.1 Å². The van der Waals surface area contributed by atoms with Gasteiger partial charge in [-0.25, -0.2) is 4.98 Å². The predicted octanol–water partition coefficient (Wildman–Crippen LogP) is 3.16. The van der Waals surface area contributed by atoms with E-state index in [1.165, 1.54) is 12.1 Å². The normalized spacial score (nSPS) is 13.6. The number of hydrogen-bond donors (Lipinski definition) is 2. The first-order chi connectivity index (χ1) is 8.38. The van der Waals surface area contributed by atoms with Crippen LogP contribution in [0.15, 0.2) is 30.5 Å². The number of nitrogens with one attached hydrogen (secondary N) is 1. The predicted molar refractivity (Wildman–Crippen MR) is 62.0 cm³/mol. The molecule has 0 fully saturated rings. The van der Waals surface area contributed by atoms with Gasteiger partial charge in [0, 0.05) is 11.6 Å². The molecule has 96 valence electrons. The molecular weight excluding hydrogens is 243 g/mol. The summed E-state index contributed by atoms with van der Waals surface area (Å²) in [5.74, 6) is 0.209. The molecule has 18 heavy (non-hydrogen) atoms. The Bertz CT molecular complexity index is 528. The molecule has 1 aromatic carbocycles. The van der Waals surface area contributed by atoms with Crippen molar-refractivity contribution >= 4 is 5.95 Å². The van der Waals surface area contributed by atoms with E-state index >= 15 is 0 Å². The highest BCUT2D eigenvalue weighted by molar-refractivity contribution is 5.33. The maximum absolute atomic E-state index is 12.4. The fourth-order valence-electron chi connectivity index (χ4n) is 1.71. The molecule has 1 heterocycles. The number of nitrogens with zero attached hydrogens (tertiary/aromatic N) is 1. The monoisotopic (exact) mass is 255 g/mol. The molecule has 0 saturated carbocycles. The van der Waals surface area contributed by atoms with Gasteiger partial charge in [-0.15, -0.1) is 0 Å². The molecule has 0 aliphatic rings.